The molecule has 0 unspecified atom stereocenters. The Balaban J connectivity index is 0.000000671. The Bertz CT molecular complexity index is 264. The first kappa shape index (κ1) is 13.2. The monoisotopic (exact) mass is 306 g/mol. The summed E-state index contributed by atoms with van der Waals surface area (Å²) in [5.41, 5.74) is 3.91. The van der Waals surface area contributed by atoms with E-state index in [-0.39, 0.29) is 0 Å². The Kier molecular flexibility index (Phi) is 5.90. The molecule has 0 bridgehead atoms. The van der Waals surface area contributed by atoms with Gasteiger partial charge in [-0.3, -0.25) is 0 Å². The van der Waals surface area contributed by atoms with E-state index in [0.717, 1.165) is 0 Å². The van der Waals surface area contributed by atoms with Crippen LogP contribution in [-0.4, -0.2) is 0 Å². The molecule has 0 heterocycles. The van der Waals surface area contributed by atoms with E-state index in [0.29, 0.717) is 0 Å². The van der Waals surface area contributed by atoms with Crippen molar-refractivity contribution in [3.8, 4) is 0 Å². The number of benzene rings is 1. The van der Waals surface area contributed by atoms with E-state index in [1.807, 2.05) is 13.8 Å². The minimum absolute atomic E-state index is 1.17. The zero-order chi connectivity index (χ0) is 10.6. The van der Waals surface area contributed by atoms with Gasteiger partial charge in [-0.25, -0.2) is 0 Å². The molecule has 0 fully saturated rings. The number of hydrogen-bond donors (Lipinski definition) is 0. The largest absolute Gasteiger partial charge is 0.0683 e. The summed E-state index contributed by atoms with van der Waals surface area (Å²) in [4.78, 5) is 0. The van der Waals surface area contributed by atoms with E-state index in [1.165, 1.54) is 25.6 Å². The van der Waals surface area contributed by atoms with Crippen molar-refractivity contribution < 1.29 is 0 Å². The Morgan fingerprint density at radius 2 is 1.38 bits per heavy atom. The molecule has 0 aliphatic rings. The lowest BCUT2D eigenvalue weighted by Gasteiger charge is -2.08. The van der Waals surface area contributed by atoms with Crippen molar-refractivity contribution in [3.05, 3.63) is 31.7 Å². The van der Waals surface area contributed by atoms with Gasteiger partial charge in [0.2, 0.25) is 0 Å². The molecule has 0 saturated carbocycles. The van der Waals surface area contributed by atoms with Crippen molar-refractivity contribution in [2.75, 3.05) is 0 Å². The second-order valence-electron chi connectivity index (χ2n) is 2.74. The topological polar surface area (TPSA) is 0 Å². The number of hydrogen-bond acceptors (Lipinski definition) is 0. The van der Waals surface area contributed by atoms with Gasteiger partial charge >= 0.3 is 0 Å². The third-order valence-corrected chi connectivity index (χ3v) is 3.96. The fourth-order valence-corrected chi connectivity index (χ4v) is 2.30. The third-order valence-electron chi connectivity index (χ3n) is 1.95. The van der Waals surface area contributed by atoms with Gasteiger partial charge in [0.15, 0.2) is 0 Å². The summed E-state index contributed by atoms with van der Waals surface area (Å²) in [6.07, 6.45) is 0. The number of aryl methyl sites for hydroxylation is 1. The van der Waals surface area contributed by atoms with E-state index < -0.39 is 0 Å². The van der Waals surface area contributed by atoms with Crippen LogP contribution in [0.25, 0.3) is 0 Å². The molecule has 1 aromatic rings. The number of halogens is 2. The van der Waals surface area contributed by atoms with Crippen molar-refractivity contribution in [2.45, 2.75) is 34.6 Å². The lowest BCUT2D eigenvalue weighted by Crippen LogP contribution is -1.87. The minimum atomic E-state index is 1.17. The first-order valence-electron chi connectivity index (χ1n) is 4.46. The molecule has 2 heteroatoms. The van der Waals surface area contributed by atoms with Crippen LogP contribution < -0.4 is 0 Å². The first-order valence-corrected chi connectivity index (χ1v) is 6.04. The van der Waals surface area contributed by atoms with E-state index in [4.69, 9.17) is 0 Å². The van der Waals surface area contributed by atoms with Crippen LogP contribution in [0.15, 0.2) is 15.0 Å². The standard InChI is InChI=1S/C9H10Br2.C2H6/c1-5-4-8(10)7(3)9(11)6(5)2;1-2/h4H,1-3H3;1-2H3. The van der Waals surface area contributed by atoms with Crippen molar-refractivity contribution in [1.82, 2.24) is 0 Å². The van der Waals surface area contributed by atoms with Crippen LogP contribution in [0, 0.1) is 20.8 Å². The van der Waals surface area contributed by atoms with Gasteiger partial charge in [-0.2, -0.15) is 0 Å². The summed E-state index contributed by atoms with van der Waals surface area (Å²) in [5.74, 6) is 0. The van der Waals surface area contributed by atoms with Crippen LogP contribution in [0.4, 0.5) is 0 Å². The summed E-state index contributed by atoms with van der Waals surface area (Å²) in [6.45, 7) is 10.3. The van der Waals surface area contributed by atoms with Gasteiger partial charge in [0.25, 0.3) is 0 Å². The average molecular weight is 308 g/mol. The summed E-state index contributed by atoms with van der Waals surface area (Å²) in [7, 11) is 0. The summed E-state index contributed by atoms with van der Waals surface area (Å²) >= 11 is 7.05. The second kappa shape index (κ2) is 5.82. The highest BCUT2D eigenvalue weighted by molar-refractivity contribution is 9.11. The van der Waals surface area contributed by atoms with Crippen LogP contribution in [0.1, 0.15) is 30.5 Å². The van der Waals surface area contributed by atoms with Crippen molar-refractivity contribution >= 4 is 31.9 Å². The fraction of sp³-hybridized carbons (Fsp3) is 0.455. The van der Waals surface area contributed by atoms with Crippen LogP contribution >= 0.6 is 31.9 Å². The molecule has 74 valence electrons. The lowest BCUT2D eigenvalue weighted by atomic mass is 10.1. The fourth-order valence-electron chi connectivity index (χ4n) is 0.966. The van der Waals surface area contributed by atoms with E-state index in [9.17, 15) is 0 Å². The van der Waals surface area contributed by atoms with Crippen LogP contribution in [0.3, 0.4) is 0 Å². The molecule has 0 atom stereocenters. The Morgan fingerprint density at radius 1 is 0.923 bits per heavy atom. The molecule has 0 nitrogen and oxygen atoms in total. The highest BCUT2D eigenvalue weighted by atomic mass is 79.9. The highest BCUT2D eigenvalue weighted by Crippen LogP contribution is 2.29. The molecular formula is C11H16Br2. The van der Waals surface area contributed by atoms with E-state index in [2.05, 4.69) is 58.7 Å². The summed E-state index contributed by atoms with van der Waals surface area (Å²) in [5, 5.41) is 0. The van der Waals surface area contributed by atoms with Crippen LogP contribution in [0.5, 0.6) is 0 Å². The Labute approximate surface area is 98.0 Å². The summed E-state index contributed by atoms with van der Waals surface area (Å²) < 4.78 is 2.39. The average Bonchev–Trinajstić information content (AvgIpc) is 2.15. The molecule has 13 heavy (non-hydrogen) atoms. The molecule has 1 rings (SSSR count). The van der Waals surface area contributed by atoms with Gasteiger partial charge < -0.3 is 0 Å². The Hall–Kier alpha value is 0.180. The van der Waals surface area contributed by atoms with Crippen molar-refractivity contribution in [2.24, 2.45) is 0 Å². The quantitative estimate of drug-likeness (QED) is 0.621. The van der Waals surface area contributed by atoms with Gasteiger partial charge in [0.1, 0.15) is 0 Å². The molecule has 0 aliphatic heterocycles. The van der Waals surface area contributed by atoms with E-state index in [1.54, 1.807) is 0 Å². The molecule has 1 aromatic carbocycles. The van der Waals surface area contributed by atoms with Gasteiger partial charge in [-0.15, -0.1) is 0 Å². The smallest absolute Gasteiger partial charge is 0.0247 e. The van der Waals surface area contributed by atoms with Crippen molar-refractivity contribution in [3.63, 3.8) is 0 Å². The first-order chi connectivity index (χ1) is 6.04. The molecular weight excluding hydrogens is 292 g/mol. The normalized spacial score (nSPS) is 9.15. The maximum Gasteiger partial charge on any atom is 0.0247 e. The maximum atomic E-state index is 3.55. The molecule has 0 saturated heterocycles. The van der Waals surface area contributed by atoms with Crippen LogP contribution in [0.2, 0.25) is 0 Å². The Morgan fingerprint density at radius 3 is 1.85 bits per heavy atom. The van der Waals surface area contributed by atoms with Gasteiger partial charge in [0, 0.05) is 8.95 Å². The SMILES string of the molecule is CC.Cc1cc(Br)c(C)c(Br)c1C. The van der Waals surface area contributed by atoms with Gasteiger partial charge in [0.05, 0.1) is 0 Å². The van der Waals surface area contributed by atoms with E-state index >= 15 is 0 Å². The van der Waals surface area contributed by atoms with Gasteiger partial charge in [-0.1, -0.05) is 45.7 Å². The molecule has 0 aliphatic carbocycles. The molecule has 0 spiro atoms. The zero-order valence-corrected chi connectivity index (χ0v) is 12.0. The third kappa shape index (κ3) is 3.10. The highest BCUT2D eigenvalue weighted by Gasteiger charge is 2.05. The zero-order valence-electron chi connectivity index (χ0n) is 8.83. The van der Waals surface area contributed by atoms with Gasteiger partial charge in [-0.05, 0) is 43.5 Å². The summed E-state index contributed by atoms with van der Waals surface area (Å²) in [6, 6.07) is 2.15. The number of rotatable bonds is 0. The molecule has 0 radical (unpaired) electrons. The maximum absolute atomic E-state index is 3.55. The van der Waals surface area contributed by atoms with Crippen LogP contribution in [-0.2, 0) is 0 Å². The predicted octanol–water partition coefficient (Wildman–Crippen LogP) is 5.16. The predicted molar refractivity (Wildman–Crippen MR) is 67.4 cm³/mol. The lowest BCUT2D eigenvalue weighted by molar-refractivity contribution is 1.25. The minimum Gasteiger partial charge on any atom is -0.0683 e. The second-order valence-corrected chi connectivity index (χ2v) is 4.39. The molecule has 0 amide bonds. The molecule has 0 aromatic heterocycles. The molecule has 0 N–H and O–H groups in total. The van der Waals surface area contributed by atoms with Crippen molar-refractivity contribution in [1.29, 1.82) is 0 Å².